The molecule has 1 aromatic rings. The summed E-state index contributed by atoms with van der Waals surface area (Å²) in [5.74, 6) is 0.533. The van der Waals surface area contributed by atoms with E-state index < -0.39 is 5.54 Å². The van der Waals surface area contributed by atoms with Gasteiger partial charge in [-0.15, -0.1) is 11.8 Å². The van der Waals surface area contributed by atoms with Crippen molar-refractivity contribution in [2.24, 2.45) is 0 Å². The highest BCUT2D eigenvalue weighted by atomic mass is 32.2. The van der Waals surface area contributed by atoms with Crippen LogP contribution in [0.4, 0.5) is 10.5 Å². The van der Waals surface area contributed by atoms with E-state index in [0.29, 0.717) is 6.54 Å². The molecule has 1 aliphatic rings. The summed E-state index contributed by atoms with van der Waals surface area (Å²) in [5, 5.41) is 5.39. The van der Waals surface area contributed by atoms with E-state index in [2.05, 4.69) is 10.6 Å². The molecule has 124 valence electrons. The van der Waals surface area contributed by atoms with Crippen molar-refractivity contribution in [1.29, 1.82) is 0 Å². The van der Waals surface area contributed by atoms with E-state index in [-0.39, 0.29) is 17.8 Å². The Morgan fingerprint density at radius 3 is 2.43 bits per heavy atom. The Morgan fingerprint density at radius 2 is 1.91 bits per heavy atom. The first-order chi connectivity index (χ1) is 10.8. The predicted molar refractivity (Wildman–Crippen MR) is 90.4 cm³/mol. The number of carbonyl (C=O) groups excluding carboxylic acids is 3. The molecule has 1 aromatic carbocycles. The standard InChI is InChI=1S/C16H21N3O3S/c1-11(20)17-12-5-7-13(8-6-12)23-10-4-9-19-14(21)16(2,3)18-15(19)22/h5-8H,4,9-10H2,1-3H3,(H,17,20)(H,18,22). The average molecular weight is 335 g/mol. The highest BCUT2D eigenvalue weighted by Crippen LogP contribution is 2.22. The fraction of sp³-hybridized carbons (Fsp3) is 0.438. The van der Waals surface area contributed by atoms with Gasteiger partial charge in [-0.1, -0.05) is 0 Å². The molecule has 1 fully saturated rings. The van der Waals surface area contributed by atoms with Gasteiger partial charge in [-0.05, 0) is 50.3 Å². The van der Waals surface area contributed by atoms with Gasteiger partial charge in [-0.3, -0.25) is 14.5 Å². The van der Waals surface area contributed by atoms with E-state index in [0.717, 1.165) is 22.8 Å². The van der Waals surface area contributed by atoms with Gasteiger partial charge < -0.3 is 10.6 Å². The minimum absolute atomic E-state index is 0.0955. The van der Waals surface area contributed by atoms with Gasteiger partial charge in [-0.2, -0.15) is 0 Å². The van der Waals surface area contributed by atoms with Crippen molar-refractivity contribution in [3.63, 3.8) is 0 Å². The average Bonchev–Trinajstić information content (AvgIpc) is 2.65. The minimum atomic E-state index is -0.802. The van der Waals surface area contributed by atoms with Crippen LogP contribution in [0.25, 0.3) is 0 Å². The number of nitrogens with one attached hydrogen (secondary N) is 2. The van der Waals surface area contributed by atoms with Crippen LogP contribution in [0.1, 0.15) is 27.2 Å². The van der Waals surface area contributed by atoms with Gasteiger partial charge in [0.2, 0.25) is 5.91 Å². The highest BCUT2D eigenvalue weighted by molar-refractivity contribution is 7.99. The molecule has 0 aromatic heterocycles. The van der Waals surface area contributed by atoms with Gasteiger partial charge in [-0.25, -0.2) is 4.79 Å². The van der Waals surface area contributed by atoms with E-state index in [1.807, 2.05) is 24.3 Å². The normalized spacial score (nSPS) is 16.4. The van der Waals surface area contributed by atoms with Crippen LogP contribution in [0.2, 0.25) is 0 Å². The molecule has 23 heavy (non-hydrogen) atoms. The third-order valence-electron chi connectivity index (χ3n) is 3.41. The molecule has 2 rings (SSSR count). The lowest BCUT2D eigenvalue weighted by Gasteiger charge is -2.15. The summed E-state index contributed by atoms with van der Waals surface area (Å²) in [6.07, 6.45) is 0.730. The second-order valence-electron chi connectivity index (χ2n) is 5.92. The Kier molecular flexibility index (Phi) is 5.30. The van der Waals surface area contributed by atoms with Crippen LogP contribution >= 0.6 is 11.8 Å². The number of nitrogens with zero attached hydrogens (tertiary/aromatic N) is 1. The summed E-state index contributed by atoms with van der Waals surface area (Å²) >= 11 is 1.65. The van der Waals surface area contributed by atoms with Crippen molar-refractivity contribution in [2.75, 3.05) is 17.6 Å². The van der Waals surface area contributed by atoms with Crippen LogP contribution in [0.5, 0.6) is 0 Å². The van der Waals surface area contributed by atoms with Crippen molar-refractivity contribution < 1.29 is 14.4 Å². The Bertz CT molecular complexity index is 614. The number of benzene rings is 1. The second-order valence-corrected chi connectivity index (χ2v) is 7.09. The molecule has 0 bridgehead atoms. The number of anilines is 1. The van der Waals surface area contributed by atoms with Crippen LogP contribution in [0.15, 0.2) is 29.2 Å². The number of hydrogen-bond donors (Lipinski definition) is 2. The van der Waals surface area contributed by atoms with Crippen molar-refractivity contribution in [2.45, 2.75) is 37.6 Å². The zero-order valence-corrected chi connectivity index (χ0v) is 14.3. The molecule has 4 amide bonds. The molecule has 0 atom stereocenters. The van der Waals surface area contributed by atoms with Crippen LogP contribution in [-0.2, 0) is 9.59 Å². The smallest absolute Gasteiger partial charge is 0.325 e. The van der Waals surface area contributed by atoms with Crippen LogP contribution in [0.3, 0.4) is 0 Å². The first-order valence-corrected chi connectivity index (χ1v) is 8.43. The first kappa shape index (κ1) is 17.3. The maximum absolute atomic E-state index is 12.0. The SMILES string of the molecule is CC(=O)Nc1ccc(SCCCN2C(=O)NC(C)(C)C2=O)cc1. The fourth-order valence-electron chi connectivity index (χ4n) is 2.27. The summed E-state index contributed by atoms with van der Waals surface area (Å²) in [6, 6.07) is 7.26. The Morgan fingerprint density at radius 1 is 1.26 bits per heavy atom. The maximum atomic E-state index is 12.0. The Hall–Kier alpha value is -2.02. The summed E-state index contributed by atoms with van der Waals surface area (Å²) in [5.41, 5.74) is -0.0348. The Balaban J connectivity index is 1.76. The topological polar surface area (TPSA) is 78.5 Å². The van der Waals surface area contributed by atoms with Crippen molar-refractivity contribution in [1.82, 2.24) is 10.2 Å². The van der Waals surface area contributed by atoms with Crippen molar-refractivity contribution in [3.05, 3.63) is 24.3 Å². The Labute approximate surface area is 140 Å². The largest absolute Gasteiger partial charge is 0.326 e. The second kappa shape index (κ2) is 7.04. The number of hydrogen-bond acceptors (Lipinski definition) is 4. The number of carbonyl (C=O) groups is 3. The molecule has 0 spiro atoms. The summed E-state index contributed by atoms with van der Waals surface area (Å²) < 4.78 is 0. The lowest BCUT2D eigenvalue weighted by Crippen LogP contribution is -2.40. The summed E-state index contributed by atoms with van der Waals surface area (Å²) in [4.78, 5) is 37.1. The molecule has 1 saturated heterocycles. The van der Waals surface area contributed by atoms with E-state index in [1.54, 1.807) is 25.6 Å². The van der Waals surface area contributed by atoms with Crippen LogP contribution in [-0.4, -0.2) is 40.6 Å². The zero-order valence-electron chi connectivity index (χ0n) is 13.5. The number of rotatable bonds is 6. The lowest BCUT2D eigenvalue weighted by molar-refractivity contribution is -0.130. The van der Waals surface area contributed by atoms with Gasteiger partial charge >= 0.3 is 6.03 Å². The van der Waals surface area contributed by atoms with Gasteiger partial charge in [0, 0.05) is 24.1 Å². The van der Waals surface area contributed by atoms with Gasteiger partial charge in [0.25, 0.3) is 5.91 Å². The molecule has 2 N–H and O–H groups in total. The maximum Gasteiger partial charge on any atom is 0.325 e. The molecule has 0 aliphatic carbocycles. The number of amides is 4. The zero-order chi connectivity index (χ0) is 17.0. The first-order valence-electron chi connectivity index (χ1n) is 7.44. The van der Waals surface area contributed by atoms with Crippen molar-refractivity contribution in [3.8, 4) is 0 Å². The van der Waals surface area contributed by atoms with E-state index in [9.17, 15) is 14.4 Å². The molecule has 1 heterocycles. The predicted octanol–water partition coefficient (Wildman–Crippen LogP) is 2.46. The summed E-state index contributed by atoms with van der Waals surface area (Å²) in [6.45, 7) is 5.31. The lowest BCUT2D eigenvalue weighted by atomic mass is 10.1. The number of urea groups is 1. The molecular formula is C16H21N3O3S. The quantitative estimate of drug-likeness (QED) is 0.475. The third kappa shape index (κ3) is 4.48. The molecular weight excluding hydrogens is 314 g/mol. The van der Waals surface area contributed by atoms with E-state index >= 15 is 0 Å². The summed E-state index contributed by atoms with van der Waals surface area (Å²) in [7, 11) is 0. The molecule has 7 heteroatoms. The van der Waals surface area contributed by atoms with Gasteiger partial charge in [0.1, 0.15) is 5.54 Å². The monoisotopic (exact) mass is 335 g/mol. The van der Waals surface area contributed by atoms with E-state index in [1.165, 1.54) is 11.8 Å². The molecule has 0 radical (unpaired) electrons. The minimum Gasteiger partial charge on any atom is -0.326 e. The van der Waals surface area contributed by atoms with Gasteiger partial charge in [0.05, 0.1) is 0 Å². The molecule has 0 saturated carbocycles. The van der Waals surface area contributed by atoms with Crippen LogP contribution < -0.4 is 10.6 Å². The molecule has 0 unspecified atom stereocenters. The molecule has 1 aliphatic heterocycles. The van der Waals surface area contributed by atoms with Crippen LogP contribution in [0, 0.1) is 0 Å². The third-order valence-corrected chi connectivity index (χ3v) is 4.51. The van der Waals surface area contributed by atoms with Crippen molar-refractivity contribution >= 4 is 35.3 Å². The number of imide groups is 1. The van der Waals surface area contributed by atoms with E-state index in [4.69, 9.17) is 0 Å². The fourth-order valence-corrected chi connectivity index (χ4v) is 3.11. The molecule has 6 nitrogen and oxygen atoms in total. The van der Waals surface area contributed by atoms with Gasteiger partial charge in [0.15, 0.2) is 0 Å². The number of thioether (sulfide) groups is 1. The highest BCUT2D eigenvalue weighted by Gasteiger charge is 2.43.